The smallest absolute Gasteiger partial charge is 0.275 e. The molecule has 228 valence electrons. The lowest BCUT2D eigenvalue weighted by molar-refractivity contribution is -0.0325. The molecule has 8 nitrogen and oxygen atoms in total. The Morgan fingerprint density at radius 2 is 1.95 bits per heavy atom. The summed E-state index contributed by atoms with van der Waals surface area (Å²) in [7, 11) is 0. The number of nitrogens with zero attached hydrogens (tertiary/aromatic N) is 5. The van der Waals surface area contributed by atoms with Crippen LogP contribution in [0.15, 0.2) is 70.6 Å². The van der Waals surface area contributed by atoms with Gasteiger partial charge in [0.05, 0.1) is 40.1 Å². The largest absolute Gasteiger partial charge is 0.356 e. The Hall–Kier alpha value is -3.86. The van der Waals surface area contributed by atoms with Crippen LogP contribution in [0.1, 0.15) is 53.5 Å². The van der Waals surface area contributed by atoms with E-state index >= 15 is 8.78 Å². The zero-order valence-electron chi connectivity index (χ0n) is 24.3. The molecule has 3 fully saturated rings. The lowest BCUT2D eigenvalue weighted by Crippen LogP contribution is -2.77. The molecule has 0 bridgehead atoms. The maximum absolute atomic E-state index is 16.0. The van der Waals surface area contributed by atoms with Crippen molar-refractivity contribution in [2.75, 3.05) is 24.5 Å². The van der Waals surface area contributed by atoms with Crippen molar-refractivity contribution in [2.45, 2.75) is 44.8 Å². The molecule has 3 aromatic rings. The average Bonchev–Trinajstić information content (AvgIpc) is 3.62. The number of aromatic nitrogens is 2. The molecule has 2 atom stereocenters. The van der Waals surface area contributed by atoms with Gasteiger partial charge in [0.1, 0.15) is 16.6 Å². The maximum atomic E-state index is 16.0. The van der Waals surface area contributed by atoms with Crippen LogP contribution in [0.4, 0.5) is 14.5 Å². The van der Waals surface area contributed by atoms with E-state index in [1.54, 1.807) is 43.3 Å². The third-order valence-electron chi connectivity index (χ3n) is 8.64. The fourth-order valence-corrected chi connectivity index (χ4v) is 6.47. The molecule has 6 rings (SSSR count). The molecule has 5 heterocycles. The molecule has 12 heteroatoms. The van der Waals surface area contributed by atoms with Crippen LogP contribution in [0.25, 0.3) is 6.20 Å². The van der Waals surface area contributed by atoms with E-state index in [0.29, 0.717) is 36.0 Å². The number of hydrogen-bond acceptors (Lipinski definition) is 6. The van der Waals surface area contributed by atoms with E-state index in [0.717, 1.165) is 22.8 Å². The molecule has 0 aliphatic carbocycles. The molecule has 0 saturated carbocycles. The predicted octanol–water partition coefficient (Wildman–Crippen LogP) is 5.93. The summed E-state index contributed by atoms with van der Waals surface area (Å²) >= 11 is 12.7. The van der Waals surface area contributed by atoms with Crippen molar-refractivity contribution < 1.29 is 13.6 Å². The Bertz CT molecular complexity index is 1810. The molecular weight excluding hydrogens is 609 g/mol. The van der Waals surface area contributed by atoms with Gasteiger partial charge >= 0.3 is 0 Å². The topological polar surface area (TPSA) is 82.6 Å². The van der Waals surface area contributed by atoms with E-state index in [2.05, 4.69) is 15.3 Å². The number of halogens is 4. The molecule has 0 radical (unpaired) electrons. The summed E-state index contributed by atoms with van der Waals surface area (Å²) in [4.78, 5) is 38.7. The lowest BCUT2D eigenvalue weighted by Gasteiger charge is -2.58. The Morgan fingerprint density at radius 3 is 2.59 bits per heavy atom. The van der Waals surface area contributed by atoms with Gasteiger partial charge in [-0.15, -0.1) is 0 Å². The summed E-state index contributed by atoms with van der Waals surface area (Å²) in [6.45, 7) is 7.18. The molecule has 1 amide bonds. The highest BCUT2D eigenvalue weighted by molar-refractivity contribution is 6.33. The summed E-state index contributed by atoms with van der Waals surface area (Å²) in [5, 5.41) is 3.57. The van der Waals surface area contributed by atoms with E-state index in [1.165, 1.54) is 24.4 Å². The number of aryl methyl sites for hydroxylation is 1. The molecule has 1 N–H and O–H groups in total. The number of carbonyl (C=O) groups is 1. The van der Waals surface area contributed by atoms with Crippen LogP contribution in [-0.2, 0) is 0 Å². The van der Waals surface area contributed by atoms with Crippen molar-refractivity contribution in [1.29, 1.82) is 0 Å². The summed E-state index contributed by atoms with van der Waals surface area (Å²) < 4.78 is 33.0. The van der Waals surface area contributed by atoms with Gasteiger partial charge in [0.15, 0.2) is 5.83 Å². The second kappa shape index (κ2) is 11.6. The second-order valence-corrected chi connectivity index (χ2v) is 12.1. The first-order valence-electron chi connectivity index (χ1n) is 14.3. The SMILES string of the molecule is C/C=C/N=C(/C(F)=C/n1c(C)cc(N2C(C)C2c2cncc(Cl)c2)c(Cl)c1=O)c1cccc(C(=O)N2CCC23CNC3)c1F. The van der Waals surface area contributed by atoms with Crippen molar-refractivity contribution in [3.8, 4) is 0 Å². The van der Waals surface area contributed by atoms with Crippen LogP contribution in [-0.4, -0.2) is 57.3 Å². The third kappa shape index (κ3) is 5.04. The van der Waals surface area contributed by atoms with Crippen LogP contribution >= 0.6 is 23.2 Å². The van der Waals surface area contributed by atoms with E-state index in [1.807, 2.05) is 17.9 Å². The lowest BCUT2D eigenvalue weighted by atomic mass is 9.78. The Kier molecular flexibility index (Phi) is 7.94. The van der Waals surface area contributed by atoms with Gasteiger partial charge in [0.25, 0.3) is 11.5 Å². The maximum Gasteiger partial charge on any atom is 0.275 e. The monoisotopic (exact) mass is 638 g/mol. The van der Waals surface area contributed by atoms with Gasteiger partial charge in [0.2, 0.25) is 0 Å². The minimum atomic E-state index is -0.979. The molecule has 44 heavy (non-hydrogen) atoms. The molecule has 3 aliphatic heterocycles. The number of anilines is 1. The van der Waals surface area contributed by atoms with Crippen LogP contribution in [0, 0.1) is 12.7 Å². The average molecular weight is 640 g/mol. The number of hydrogen-bond donors (Lipinski definition) is 1. The van der Waals surface area contributed by atoms with Gasteiger partial charge in [-0.05, 0) is 57.0 Å². The fraction of sp³-hybridized carbons (Fsp3) is 0.312. The number of allylic oxidation sites excluding steroid dienone is 2. The van der Waals surface area contributed by atoms with Crippen LogP contribution < -0.4 is 15.8 Å². The van der Waals surface area contributed by atoms with Crippen LogP contribution in [0.2, 0.25) is 10.0 Å². The molecule has 2 aromatic heterocycles. The number of likely N-dealkylation sites (tertiary alicyclic amines) is 1. The van der Waals surface area contributed by atoms with Gasteiger partial charge in [0, 0.05) is 49.5 Å². The van der Waals surface area contributed by atoms with Gasteiger partial charge < -0.3 is 15.1 Å². The first-order chi connectivity index (χ1) is 21.1. The number of carbonyl (C=O) groups excluding carboxylic acids is 1. The van der Waals surface area contributed by atoms with Crippen molar-refractivity contribution in [3.63, 3.8) is 0 Å². The highest BCUT2D eigenvalue weighted by atomic mass is 35.5. The van der Waals surface area contributed by atoms with Gasteiger partial charge in [-0.25, -0.2) is 8.78 Å². The van der Waals surface area contributed by atoms with E-state index in [-0.39, 0.29) is 39.5 Å². The van der Waals surface area contributed by atoms with E-state index in [4.69, 9.17) is 23.2 Å². The number of aliphatic imine (C=N–C) groups is 1. The first-order valence-corrected chi connectivity index (χ1v) is 15.0. The highest BCUT2D eigenvalue weighted by Crippen LogP contribution is 2.48. The van der Waals surface area contributed by atoms with Gasteiger partial charge in [-0.3, -0.25) is 24.1 Å². The summed E-state index contributed by atoms with van der Waals surface area (Å²) in [6.07, 6.45) is 7.94. The van der Waals surface area contributed by atoms with Crippen LogP contribution in [0.5, 0.6) is 0 Å². The summed E-state index contributed by atoms with van der Waals surface area (Å²) in [5.41, 5.74) is 0.136. The number of nitrogens with one attached hydrogen (secondary N) is 1. The molecular formula is C32H30Cl2F2N6O2. The standard InChI is InChI=1S/C32H30Cl2F2N6O2/c1-4-9-39-28(22-6-5-7-23(27(22)36)30(43)41-10-8-32(41)16-38-17-32)24(35)15-40-18(2)11-25(26(34)31(40)44)42-19(3)29(42)20-12-21(33)14-37-13-20/h4-7,9,11-15,19,29,38H,8,10,16-17H2,1-3H3/b9-4+,24-15-,39-28+. The van der Waals surface area contributed by atoms with Crippen molar-refractivity contribution in [1.82, 2.24) is 19.8 Å². The van der Waals surface area contributed by atoms with Crippen molar-refractivity contribution in [3.05, 3.63) is 109 Å². The van der Waals surface area contributed by atoms with Crippen molar-refractivity contribution >= 4 is 46.7 Å². The number of rotatable bonds is 7. The van der Waals surface area contributed by atoms with Gasteiger partial charge in [-0.2, -0.15) is 0 Å². The number of amides is 1. The molecule has 2 unspecified atom stereocenters. The molecule has 1 spiro atoms. The zero-order chi connectivity index (χ0) is 31.3. The van der Waals surface area contributed by atoms with Gasteiger partial charge in [-0.1, -0.05) is 35.3 Å². The first kappa shape index (κ1) is 30.2. The third-order valence-corrected chi connectivity index (χ3v) is 9.20. The quantitative estimate of drug-likeness (QED) is 0.256. The molecule has 1 aromatic carbocycles. The van der Waals surface area contributed by atoms with E-state index < -0.39 is 23.1 Å². The minimum absolute atomic E-state index is 0.0268. The fourth-order valence-electron chi connectivity index (χ4n) is 6.05. The van der Waals surface area contributed by atoms with Crippen molar-refractivity contribution in [2.24, 2.45) is 4.99 Å². The second-order valence-electron chi connectivity index (χ2n) is 11.3. The normalized spacial score (nSPS) is 21.1. The number of pyridine rings is 2. The Morgan fingerprint density at radius 1 is 1.20 bits per heavy atom. The molecule has 3 saturated heterocycles. The Balaban J connectivity index is 1.34. The Labute approximate surface area is 263 Å². The molecule has 3 aliphatic rings. The minimum Gasteiger partial charge on any atom is -0.356 e. The van der Waals surface area contributed by atoms with E-state index in [9.17, 15) is 9.59 Å². The summed E-state index contributed by atoms with van der Waals surface area (Å²) in [5.74, 6) is -2.31. The summed E-state index contributed by atoms with van der Waals surface area (Å²) in [6, 6.07) is 7.70. The number of benzene rings is 1. The van der Waals surface area contributed by atoms with Crippen LogP contribution in [0.3, 0.4) is 0 Å². The zero-order valence-corrected chi connectivity index (χ0v) is 25.8. The highest BCUT2D eigenvalue weighted by Gasteiger charge is 2.52. The predicted molar refractivity (Wildman–Crippen MR) is 169 cm³/mol.